The monoisotopic (exact) mass is 164 g/mol. The first-order valence-corrected chi connectivity index (χ1v) is 4.17. The zero-order chi connectivity index (χ0) is 9.14. The molecular weight excluding hydrogens is 148 g/mol. The zero-order valence-corrected chi connectivity index (χ0v) is 7.72. The highest BCUT2D eigenvalue weighted by molar-refractivity contribution is 5.26. The highest BCUT2D eigenvalue weighted by Gasteiger charge is 2.08. The summed E-state index contributed by atoms with van der Waals surface area (Å²) in [5.74, 6) is 0. The fourth-order valence-electron chi connectivity index (χ4n) is 1.43. The molecule has 0 radical (unpaired) electrons. The number of aromatic nitrogens is 1. The van der Waals surface area contributed by atoms with Gasteiger partial charge >= 0.3 is 0 Å². The SMILES string of the molecule is C=CCC(N)c1[nH]c(C)cc1C. The van der Waals surface area contributed by atoms with Crippen molar-refractivity contribution in [1.82, 2.24) is 4.98 Å². The van der Waals surface area contributed by atoms with Crippen LogP contribution in [0.1, 0.15) is 29.4 Å². The van der Waals surface area contributed by atoms with Gasteiger partial charge in [0.15, 0.2) is 0 Å². The number of aryl methyl sites for hydroxylation is 2. The summed E-state index contributed by atoms with van der Waals surface area (Å²) in [6, 6.07) is 2.18. The summed E-state index contributed by atoms with van der Waals surface area (Å²) in [7, 11) is 0. The molecule has 0 aliphatic heterocycles. The first-order valence-electron chi connectivity index (χ1n) is 4.17. The van der Waals surface area contributed by atoms with Crippen LogP contribution in [0.5, 0.6) is 0 Å². The molecule has 0 saturated heterocycles. The molecule has 0 aliphatic carbocycles. The Morgan fingerprint density at radius 1 is 1.67 bits per heavy atom. The Kier molecular flexibility index (Phi) is 2.71. The van der Waals surface area contributed by atoms with E-state index in [1.807, 2.05) is 13.0 Å². The third-order valence-corrected chi connectivity index (χ3v) is 1.98. The van der Waals surface area contributed by atoms with Crippen LogP contribution in [0.25, 0.3) is 0 Å². The molecule has 0 aromatic carbocycles. The molecule has 1 rings (SSSR count). The normalized spacial score (nSPS) is 12.9. The molecule has 2 nitrogen and oxygen atoms in total. The summed E-state index contributed by atoms with van der Waals surface area (Å²) in [6.45, 7) is 7.78. The van der Waals surface area contributed by atoms with Crippen molar-refractivity contribution in [3.63, 3.8) is 0 Å². The summed E-state index contributed by atoms with van der Waals surface area (Å²) in [4.78, 5) is 3.26. The molecule has 1 aromatic heterocycles. The lowest BCUT2D eigenvalue weighted by molar-refractivity contribution is 0.712. The van der Waals surface area contributed by atoms with Gasteiger partial charge in [0, 0.05) is 17.4 Å². The molecule has 3 N–H and O–H groups in total. The number of hydrogen-bond donors (Lipinski definition) is 2. The molecule has 2 heteroatoms. The Hall–Kier alpha value is -1.02. The summed E-state index contributed by atoms with van der Waals surface area (Å²) in [5, 5.41) is 0. The van der Waals surface area contributed by atoms with Crippen molar-refractivity contribution in [3.05, 3.63) is 35.7 Å². The Bertz CT molecular complexity index is 273. The highest BCUT2D eigenvalue weighted by Crippen LogP contribution is 2.18. The summed E-state index contributed by atoms with van der Waals surface area (Å²) >= 11 is 0. The molecule has 0 saturated carbocycles. The lowest BCUT2D eigenvalue weighted by Gasteiger charge is -2.07. The molecule has 1 unspecified atom stereocenters. The molecule has 1 heterocycles. The summed E-state index contributed by atoms with van der Waals surface area (Å²) < 4.78 is 0. The van der Waals surface area contributed by atoms with Crippen molar-refractivity contribution in [3.8, 4) is 0 Å². The van der Waals surface area contributed by atoms with E-state index >= 15 is 0 Å². The van der Waals surface area contributed by atoms with Crippen LogP contribution in [0.15, 0.2) is 18.7 Å². The number of H-pyrrole nitrogens is 1. The zero-order valence-electron chi connectivity index (χ0n) is 7.72. The van der Waals surface area contributed by atoms with Gasteiger partial charge in [0.05, 0.1) is 0 Å². The molecule has 12 heavy (non-hydrogen) atoms. The number of rotatable bonds is 3. The van der Waals surface area contributed by atoms with E-state index in [2.05, 4.69) is 24.6 Å². The fourth-order valence-corrected chi connectivity index (χ4v) is 1.43. The second-order valence-electron chi connectivity index (χ2n) is 3.18. The van der Waals surface area contributed by atoms with Gasteiger partial charge in [-0.1, -0.05) is 6.08 Å². The van der Waals surface area contributed by atoms with Crippen molar-refractivity contribution >= 4 is 0 Å². The predicted octanol–water partition coefficient (Wildman–Crippen LogP) is 2.21. The van der Waals surface area contributed by atoms with Crippen molar-refractivity contribution in [2.45, 2.75) is 26.3 Å². The van der Waals surface area contributed by atoms with Gasteiger partial charge in [-0.3, -0.25) is 0 Å². The van der Waals surface area contributed by atoms with Crippen LogP contribution in [-0.4, -0.2) is 4.98 Å². The Balaban J connectivity index is 2.85. The van der Waals surface area contributed by atoms with Crippen LogP contribution in [0.3, 0.4) is 0 Å². The lowest BCUT2D eigenvalue weighted by atomic mass is 10.1. The van der Waals surface area contributed by atoms with E-state index in [1.165, 1.54) is 11.3 Å². The van der Waals surface area contributed by atoms with Gasteiger partial charge in [0.1, 0.15) is 0 Å². The Labute approximate surface area is 73.5 Å². The molecule has 1 atom stereocenters. The van der Waals surface area contributed by atoms with Crippen molar-refractivity contribution in [1.29, 1.82) is 0 Å². The average Bonchev–Trinajstić information content (AvgIpc) is 2.30. The van der Waals surface area contributed by atoms with E-state index in [0.717, 1.165) is 12.1 Å². The minimum absolute atomic E-state index is 0.0659. The first-order chi connectivity index (χ1) is 5.65. The quantitative estimate of drug-likeness (QED) is 0.661. The van der Waals surface area contributed by atoms with E-state index in [0.29, 0.717) is 0 Å². The minimum atomic E-state index is 0.0659. The predicted molar refractivity (Wildman–Crippen MR) is 52.0 cm³/mol. The van der Waals surface area contributed by atoms with Crippen molar-refractivity contribution in [2.24, 2.45) is 5.73 Å². The molecule has 66 valence electrons. The van der Waals surface area contributed by atoms with Crippen molar-refractivity contribution in [2.75, 3.05) is 0 Å². The van der Waals surface area contributed by atoms with Gasteiger partial charge < -0.3 is 10.7 Å². The molecule has 0 bridgehead atoms. The van der Waals surface area contributed by atoms with Gasteiger partial charge in [-0.15, -0.1) is 6.58 Å². The van der Waals surface area contributed by atoms with Gasteiger partial charge in [-0.25, -0.2) is 0 Å². The third-order valence-electron chi connectivity index (χ3n) is 1.98. The maximum absolute atomic E-state index is 5.92. The highest BCUT2D eigenvalue weighted by atomic mass is 14.8. The van der Waals surface area contributed by atoms with E-state index in [9.17, 15) is 0 Å². The largest absolute Gasteiger partial charge is 0.361 e. The van der Waals surface area contributed by atoms with Crippen LogP contribution in [-0.2, 0) is 0 Å². The van der Waals surface area contributed by atoms with Gasteiger partial charge in [-0.2, -0.15) is 0 Å². The van der Waals surface area contributed by atoms with Crippen molar-refractivity contribution < 1.29 is 0 Å². The third kappa shape index (κ3) is 1.77. The summed E-state index contributed by atoms with van der Waals surface area (Å²) in [5.41, 5.74) is 9.46. The molecule has 0 amide bonds. The van der Waals surface area contributed by atoms with Gasteiger partial charge in [0.2, 0.25) is 0 Å². The van der Waals surface area contributed by atoms with Crippen LogP contribution in [0.4, 0.5) is 0 Å². The van der Waals surface area contributed by atoms with E-state index in [1.54, 1.807) is 0 Å². The van der Waals surface area contributed by atoms with Crippen LogP contribution < -0.4 is 5.73 Å². The standard InChI is InChI=1S/C10H16N2/c1-4-5-9(11)10-7(2)6-8(3)12-10/h4,6,9,12H,1,5,11H2,2-3H3. The van der Waals surface area contributed by atoms with Crippen LogP contribution in [0, 0.1) is 13.8 Å². The maximum atomic E-state index is 5.92. The smallest absolute Gasteiger partial charge is 0.0485 e. The number of nitrogens with two attached hydrogens (primary N) is 1. The summed E-state index contributed by atoms with van der Waals surface area (Å²) in [6.07, 6.45) is 2.67. The molecule has 0 fully saturated rings. The fraction of sp³-hybridized carbons (Fsp3) is 0.400. The van der Waals surface area contributed by atoms with E-state index < -0.39 is 0 Å². The minimum Gasteiger partial charge on any atom is -0.361 e. The molecule has 0 aliphatic rings. The second kappa shape index (κ2) is 3.59. The maximum Gasteiger partial charge on any atom is 0.0485 e. The number of nitrogens with one attached hydrogen (secondary N) is 1. The van der Waals surface area contributed by atoms with E-state index in [-0.39, 0.29) is 6.04 Å². The van der Waals surface area contributed by atoms with Gasteiger partial charge in [0.25, 0.3) is 0 Å². The molecule has 0 spiro atoms. The topological polar surface area (TPSA) is 41.8 Å². The van der Waals surface area contributed by atoms with Gasteiger partial charge in [-0.05, 0) is 31.9 Å². The Morgan fingerprint density at radius 2 is 2.33 bits per heavy atom. The average molecular weight is 164 g/mol. The number of hydrogen-bond acceptors (Lipinski definition) is 1. The van der Waals surface area contributed by atoms with Crippen LogP contribution >= 0.6 is 0 Å². The number of aromatic amines is 1. The van der Waals surface area contributed by atoms with Crippen LogP contribution in [0.2, 0.25) is 0 Å². The first kappa shape index (κ1) is 9.07. The second-order valence-corrected chi connectivity index (χ2v) is 3.18. The van der Waals surface area contributed by atoms with E-state index in [4.69, 9.17) is 5.73 Å². The molecular formula is C10H16N2. The Morgan fingerprint density at radius 3 is 2.75 bits per heavy atom. The molecule has 1 aromatic rings. The lowest BCUT2D eigenvalue weighted by Crippen LogP contribution is -2.10.